The van der Waals surface area contributed by atoms with Crippen LogP contribution in [0.3, 0.4) is 0 Å². The van der Waals surface area contributed by atoms with E-state index in [1.54, 1.807) is 60.7 Å². The first-order chi connectivity index (χ1) is 15.7. The van der Waals surface area contributed by atoms with Gasteiger partial charge >= 0.3 is 0 Å². The third-order valence-corrected chi connectivity index (χ3v) is 4.38. The molecular weight excluding hydrogens is 412 g/mol. The van der Waals surface area contributed by atoms with Crippen molar-refractivity contribution in [3.05, 3.63) is 144 Å². The molecular formula is C29H30O4. The second kappa shape index (κ2) is 15.9. The zero-order valence-corrected chi connectivity index (χ0v) is 17.6. The van der Waals surface area contributed by atoms with Gasteiger partial charge < -0.3 is 10.2 Å². The molecule has 0 fully saturated rings. The van der Waals surface area contributed by atoms with Crippen LogP contribution < -0.4 is 0 Å². The lowest BCUT2D eigenvalue weighted by atomic mass is 10.0. The van der Waals surface area contributed by atoms with Gasteiger partial charge in [-0.05, 0) is 11.1 Å². The van der Waals surface area contributed by atoms with Crippen LogP contribution in [-0.2, 0) is 6.61 Å². The van der Waals surface area contributed by atoms with E-state index in [1.165, 1.54) is 0 Å². The molecule has 170 valence electrons. The predicted molar refractivity (Wildman–Crippen MR) is 133 cm³/mol. The molecule has 1 unspecified atom stereocenters. The minimum absolute atomic E-state index is 0. The van der Waals surface area contributed by atoms with Crippen LogP contribution >= 0.6 is 0 Å². The van der Waals surface area contributed by atoms with Crippen molar-refractivity contribution in [2.45, 2.75) is 20.1 Å². The molecule has 2 N–H and O–H groups in total. The van der Waals surface area contributed by atoms with Gasteiger partial charge in [0.15, 0.2) is 5.78 Å². The number of hydrogen-bond acceptors (Lipinski definition) is 4. The van der Waals surface area contributed by atoms with Crippen molar-refractivity contribution in [1.29, 1.82) is 0 Å². The summed E-state index contributed by atoms with van der Waals surface area (Å²) in [5.74, 6) is -0.271. The molecule has 0 bridgehead atoms. The molecule has 0 radical (unpaired) electrons. The van der Waals surface area contributed by atoms with Crippen LogP contribution in [0.2, 0.25) is 0 Å². The summed E-state index contributed by atoms with van der Waals surface area (Å²) in [6.07, 6.45) is -0.247. The van der Waals surface area contributed by atoms with Gasteiger partial charge in [0, 0.05) is 11.1 Å². The summed E-state index contributed by atoms with van der Waals surface area (Å²) < 4.78 is 0. The van der Waals surface area contributed by atoms with Gasteiger partial charge in [0.25, 0.3) is 0 Å². The van der Waals surface area contributed by atoms with Crippen LogP contribution in [0.5, 0.6) is 0 Å². The smallest absolute Gasteiger partial charge is 0.195 e. The van der Waals surface area contributed by atoms with E-state index >= 15 is 0 Å². The summed E-state index contributed by atoms with van der Waals surface area (Å²) >= 11 is 0. The molecule has 1 atom stereocenters. The number of hydrogen-bond donors (Lipinski definition) is 2. The van der Waals surface area contributed by atoms with Gasteiger partial charge in [-0.15, -0.1) is 0 Å². The number of benzene rings is 4. The van der Waals surface area contributed by atoms with E-state index in [4.69, 9.17) is 5.11 Å². The Balaban J connectivity index is 0.000000271. The highest BCUT2D eigenvalue weighted by molar-refractivity contribution is 5.99. The van der Waals surface area contributed by atoms with Crippen LogP contribution in [0.4, 0.5) is 0 Å². The first kappa shape index (κ1) is 27.2. The maximum Gasteiger partial charge on any atom is 0.195 e. The molecule has 33 heavy (non-hydrogen) atoms. The quantitative estimate of drug-likeness (QED) is 0.297. The molecule has 4 rings (SSSR count). The van der Waals surface area contributed by atoms with Gasteiger partial charge in [-0.1, -0.05) is 129 Å². The Hall–Kier alpha value is -3.86. The molecule has 4 heteroatoms. The van der Waals surface area contributed by atoms with E-state index in [0.717, 1.165) is 17.4 Å². The maximum atomic E-state index is 11.9. The number of carbonyl (C=O) groups excluding carboxylic acids is 2. The average molecular weight is 443 g/mol. The molecule has 0 aromatic heterocycles. The largest absolute Gasteiger partial charge is 0.392 e. The zero-order valence-electron chi connectivity index (χ0n) is 17.6. The molecule has 0 saturated heterocycles. The number of aliphatic hydroxyl groups excluding tert-OH is 2. The number of carbonyl (C=O) groups is 2. The fourth-order valence-electron chi connectivity index (χ4n) is 2.66. The monoisotopic (exact) mass is 442 g/mol. The fourth-order valence-corrected chi connectivity index (χ4v) is 2.66. The first-order valence-electron chi connectivity index (χ1n) is 10.1. The van der Waals surface area contributed by atoms with Crippen molar-refractivity contribution in [3.63, 3.8) is 0 Å². The summed E-state index contributed by atoms with van der Waals surface area (Å²) in [7, 11) is 0. The Morgan fingerprint density at radius 3 is 1.52 bits per heavy atom. The van der Waals surface area contributed by atoms with Gasteiger partial charge in [-0.3, -0.25) is 9.59 Å². The van der Waals surface area contributed by atoms with Gasteiger partial charge in [0.05, 0.1) is 6.61 Å². The van der Waals surface area contributed by atoms with E-state index < -0.39 is 6.10 Å². The Kier molecular flexibility index (Phi) is 13.1. The molecule has 4 aromatic rings. The van der Waals surface area contributed by atoms with Crippen molar-refractivity contribution < 1.29 is 19.8 Å². The highest BCUT2D eigenvalue weighted by atomic mass is 16.3. The third-order valence-electron chi connectivity index (χ3n) is 4.38. The number of aldehydes is 1. The molecule has 0 aliphatic heterocycles. The van der Waals surface area contributed by atoms with Crippen molar-refractivity contribution >= 4 is 12.1 Å². The van der Waals surface area contributed by atoms with Crippen LogP contribution in [0.15, 0.2) is 121 Å². The average Bonchev–Trinajstić information content (AvgIpc) is 2.90. The van der Waals surface area contributed by atoms with Gasteiger partial charge in [0.2, 0.25) is 0 Å². The standard InChI is InChI=1S/C14H12O2.C7H8O.C7H6O.CH4/c15-13(11-7-3-1-4-8-11)14(16)12-9-5-2-6-10-12;2*8-6-7-4-2-1-3-5-7;/h1-10,13,15H;1-5,8H,6H2;1-6H;1H4. The molecule has 4 aromatic carbocycles. The molecule has 0 amide bonds. The van der Waals surface area contributed by atoms with E-state index in [2.05, 4.69) is 0 Å². The summed E-state index contributed by atoms with van der Waals surface area (Å²) in [5, 5.41) is 18.4. The minimum Gasteiger partial charge on any atom is -0.392 e. The van der Waals surface area contributed by atoms with Crippen LogP contribution in [0.1, 0.15) is 45.4 Å². The van der Waals surface area contributed by atoms with Crippen LogP contribution in [-0.4, -0.2) is 22.3 Å². The highest BCUT2D eigenvalue weighted by Crippen LogP contribution is 2.17. The lowest BCUT2D eigenvalue weighted by molar-refractivity contribution is 0.0747. The summed E-state index contributed by atoms with van der Waals surface area (Å²) in [6, 6.07) is 36.4. The van der Waals surface area contributed by atoms with Gasteiger partial charge in [-0.25, -0.2) is 0 Å². The fraction of sp³-hybridized carbons (Fsp3) is 0.103. The molecule has 0 spiro atoms. The lowest BCUT2D eigenvalue weighted by Gasteiger charge is -2.09. The van der Waals surface area contributed by atoms with Gasteiger partial charge in [-0.2, -0.15) is 0 Å². The van der Waals surface area contributed by atoms with Crippen molar-refractivity contribution in [3.8, 4) is 0 Å². The number of rotatable bonds is 5. The lowest BCUT2D eigenvalue weighted by Crippen LogP contribution is -2.11. The van der Waals surface area contributed by atoms with Crippen LogP contribution in [0, 0.1) is 0 Å². The first-order valence-corrected chi connectivity index (χ1v) is 10.1. The summed E-state index contributed by atoms with van der Waals surface area (Å²) in [6.45, 7) is 0.140. The topological polar surface area (TPSA) is 74.6 Å². The second-order valence-corrected chi connectivity index (χ2v) is 6.72. The maximum absolute atomic E-state index is 11.9. The number of Topliss-reactive ketones (excluding diaryl/α,β-unsaturated/α-hetero) is 1. The highest BCUT2D eigenvalue weighted by Gasteiger charge is 2.18. The predicted octanol–water partition coefficient (Wildman–Crippen LogP) is 5.92. The third kappa shape index (κ3) is 9.87. The van der Waals surface area contributed by atoms with Crippen molar-refractivity contribution in [2.75, 3.05) is 0 Å². The van der Waals surface area contributed by atoms with E-state index in [-0.39, 0.29) is 19.8 Å². The van der Waals surface area contributed by atoms with E-state index in [0.29, 0.717) is 11.1 Å². The van der Waals surface area contributed by atoms with Crippen molar-refractivity contribution in [1.82, 2.24) is 0 Å². The second-order valence-electron chi connectivity index (χ2n) is 6.72. The summed E-state index contributed by atoms with van der Waals surface area (Å²) in [5.41, 5.74) is 2.84. The Morgan fingerprint density at radius 2 is 1.12 bits per heavy atom. The number of aliphatic hydroxyl groups is 2. The minimum atomic E-state index is -1.08. The Labute approximate surface area is 195 Å². The SMILES string of the molecule is C.O=C(c1ccccc1)C(O)c1ccccc1.O=Cc1ccccc1.OCc1ccccc1. The number of ketones is 1. The molecule has 0 aliphatic carbocycles. The molecule has 0 saturated carbocycles. The van der Waals surface area contributed by atoms with Crippen LogP contribution in [0.25, 0.3) is 0 Å². The van der Waals surface area contributed by atoms with E-state index in [1.807, 2.05) is 60.7 Å². The summed E-state index contributed by atoms with van der Waals surface area (Å²) in [4.78, 5) is 21.9. The zero-order chi connectivity index (χ0) is 23.0. The van der Waals surface area contributed by atoms with Gasteiger partial charge in [0.1, 0.15) is 12.4 Å². The molecule has 4 nitrogen and oxygen atoms in total. The van der Waals surface area contributed by atoms with E-state index in [9.17, 15) is 14.7 Å². The molecule has 0 aliphatic rings. The Bertz CT molecular complexity index is 1030. The normalized spacial score (nSPS) is 10.1. The Morgan fingerprint density at radius 1 is 0.697 bits per heavy atom. The van der Waals surface area contributed by atoms with Crippen molar-refractivity contribution in [2.24, 2.45) is 0 Å². The molecule has 0 heterocycles.